The molecule has 5 rings (SSSR count). The van der Waals surface area contributed by atoms with Crippen LogP contribution in [0.4, 0.5) is 16.2 Å². The fourth-order valence-electron chi connectivity index (χ4n) is 4.26. The number of fused-ring (bicyclic) bond motifs is 1. The van der Waals surface area contributed by atoms with Crippen LogP contribution in [-0.2, 0) is 0 Å². The molecule has 0 spiro atoms. The number of pyridine rings is 1. The maximum absolute atomic E-state index is 12.0. The van der Waals surface area contributed by atoms with E-state index in [4.69, 9.17) is 27.6 Å². The summed E-state index contributed by atoms with van der Waals surface area (Å²) in [6.45, 7) is 11.2. The molecule has 1 aromatic heterocycles. The number of carbonyl (C=O) groups is 1. The Hall–Kier alpha value is -3.54. The van der Waals surface area contributed by atoms with E-state index in [-0.39, 0.29) is 12.1 Å². The molecule has 0 unspecified atom stereocenters. The van der Waals surface area contributed by atoms with Crippen molar-refractivity contribution in [3.05, 3.63) is 59.0 Å². The Balaban J connectivity index is 1.29. The Morgan fingerprint density at radius 2 is 1.97 bits per heavy atom. The van der Waals surface area contributed by atoms with Crippen LogP contribution >= 0.6 is 11.6 Å². The summed E-state index contributed by atoms with van der Waals surface area (Å²) >= 11 is 6.39. The molecular formula is C27H28ClN5O3. The Bertz CT molecular complexity index is 1300. The van der Waals surface area contributed by atoms with Gasteiger partial charge in [0, 0.05) is 30.2 Å². The van der Waals surface area contributed by atoms with Crippen LogP contribution < -0.4 is 20.1 Å². The van der Waals surface area contributed by atoms with Crippen molar-refractivity contribution in [2.45, 2.75) is 38.1 Å². The molecule has 2 amide bonds. The van der Waals surface area contributed by atoms with Crippen molar-refractivity contribution < 1.29 is 14.3 Å². The maximum atomic E-state index is 12.0. The third kappa shape index (κ3) is 5.99. The molecule has 1 saturated carbocycles. The monoisotopic (exact) mass is 505 g/mol. The molecule has 2 N–H and O–H groups in total. The number of rotatable bonds is 8. The Kier molecular flexibility index (Phi) is 7.40. The van der Waals surface area contributed by atoms with Crippen molar-refractivity contribution in [3.8, 4) is 17.2 Å². The van der Waals surface area contributed by atoms with Gasteiger partial charge in [0.2, 0.25) is 5.69 Å². The molecule has 2 aromatic carbocycles. The number of aromatic nitrogens is 1. The van der Waals surface area contributed by atoms with E-state index in [0.29, 0.717) is 51.2 Å². The van der Waals surface area contributed by atoms with E-state index in [9.17, 15) is 4.79 Å². The van der Waals surface area contributed by atoms with Gasteiger partial charge in [0.15, 0.2) is 0 Å². The number of nitrogens with zero attached hydrogens (tertiary/aromatic N) is 3. The average Bonchev–Trinajstić information content (AvgIpc) is 3.70. The standard InChI is InChI=1S/C27H28ClN5O3/c1-29-24-16-20-23(17-26(24)35-14-13-33-11-3-2-4-12-33)30-10-9-25(20)36-19-7-8-22(21(28)15-19)32-27(34)31-18-5-6-18/h7-10,15-18H,2-6,11-14H2,(H2,31,32,34). The fraction of sp³-hybridized carbons (Fsp3) is 0.370. The molecule has 9 heteroatoms. The van der Waals surface area contributed by atoms with Gasteiger partial charge in [-0.3, -0.25) is 9.88 Å². The van der Waals surface area contributed by atoms with Crippen molar-refractivity contribution in [3.63, 3.8) is 0 Å². The molecule has 0 atom stereocenters. The van der Waals surface area contributed by atoms with Gasteiger partial charge < -0.3 is 20.1 Å². The topological polar surface area (TPSA) is 80.1 Å². The van der Waals surface area contributed by atoms with Crippen LogP contribution in [0.5, 0.6) is 17.2 Å². The molecule has 3 aromatic rings. The number of urea groups is 1. The summed E-state index contributed by atoms with van der Waals surface area (Å²) in [6, 6.07) is 10.4. The molecule has 186 valence electrons. The number of halogens is 1. The predicted octanol–water partition coefficient (Wildman–Crippen LogP) is 6.38. The Morgan fingerprint density at radius 3 is 2.72 bits per heavy atom. The number of hydrogen-bond donors (Lipinski definition) is 2. The molecule has 0 radical (unpaired) electrons. The first-order valence-electron chi connectivity index (χ1n) is 12.3. The molecule has 36 heavy (non-hydrogen) atoms. The first-order valence-corrected chi connectivity index (χ1v) is 12.7. The molecule has 1 saturated heterocycles. The van der Waals surface area contributed by atoms with Gasteiger partial charge in [0.05, 0.1) is 29.4 Å². The summed E-state index contributed by atoms with van der Waals surface area (Å²) < 4.78 is 12.1. The summed E-state index contributed by atoms with van der Waals surface area (Å²) in [5, 5.41) is 6.70. The summed E-state index contributed by atoms with van der Waals surface area (Å²) in [7, 11) is 0. The number of carbonyl (C=O) groups excluding carboxylic acids is 1. The normalized spacial score (nSPS) is 15.8. The summed E-state index contributed by atoms with van der Waals surface area (Å²) in [6.07, 6.45) is 7.44. The van der Waals surface area contributed by atoms with E-state index in [1.54, 1.807) is 42.6 Å². The van der Waals surface area contributed by atoms with Crippen molar-refractivity contribution in [1.29, 1.82) is 0 Å². The van der Waals surface area contributed by atoms with Crippen molar-refractivity contribution in [2.24, 2.45) is 0 Å². The maximum Gasteiger partial charge on any atom is 0.319 e. The lowest BCUT2D eigenvalue weighted by molar-refractivity contribution is 0.184. The number of benzene rings is 2. The molecular weight excluding hydrogens is 478 g/mol. The highest BCUT2D eigenvalue weighted by molar-refractivity contribution is 6.33. The highest BCUT2D eigenvalue weighted by Gasteiger charge is 2.23. The van der Waals surface area contributed by atoms with E-state index in [1.165, 1.54) is 19.3 Å². The number of anilines is 1. The largest absolute Gasteiger partial charge is 0.503 e. The van der Waals surface area contributed by atoms with E-state index in [1.807, 2.05) is 0 Å². The van der Waals surface area contributed by atoms with E-state index >= 15 is 0 Å². The number of piperidine rings is 1. The van der Waals surface area contributed by atoms with Gasteiger partial charge in [-0.2, -0.15) is 0 Å². The second-order valence-corrected chi connectivity index (χ2v) is 9.53. The minimum absolute atomic E-state index is 0.257. The van der Waals surface area contributed by atoms with Crippen LogP contribution in [0.25, 0.3) is 15.7 Å². The average molecular weight is 506 g/mol. The highest BCUT2D eigenvalue weighted by Crippen LogP contribution is 2.38. The van der Waals surface area contributed by atoms with Crippen molar-refractivity contribution >= 4 is 39.9 Å². The predicted molar refractivity (Wildman–Crippen MR) is 140 cm³/mol. The van der Waals surface area contributed by atoms with E-state index in [2.05, 4.69) is 25.4 Å². The number of likely N-dealkylation sites (tertiary alicyclic amines) is 1. The number of hydrogen-bond acceptors (Lipinski definition) is 5. The molecule has 2 heterocycles. The summed E-state index contributed by atoms with van der Waals surface area (Å²) in [4.78, 5) is 22.5. The SMILES string of the molecule is [C-]#[N+]c1cc2c(Oc3ccc(NC(=O)NC4CC4)c(Cl)c3)ccnc2cc1OCCN1CCCCC1. The van der Waals surface area contributed by atoms with Crippen molar-refractivity contribution in [2.75, 3.05) is 31.6 Å². The van der Waals surface area contributed by atoms with Crippen LogP contribution in [0.15, 0.2) is 42.6 Å². The zero-order valence-electron chi connectivity index (χ0n) is 19.9. The number of nitrogens with one attached hydrogen (secondary N) is 2. The highest BCUT2D eigenvalue weighted by atomic mass is 35.5. The Labute approximate surface area is 215 Å². The zero-order valence-corrected chi connectivity index (χ0v) is 20.7. The van der Waals surface area contributed by atoms with Crippen molar-refractivity contribution in [1.82, 2.24) is 15.2 Å². The van der Waals surface area contributed by atoms with Gasteiger partial charge in [-0.25, -0.2) is 9.64 Å². The minimum atomic E-state index is -0.270. The second-order valence-electron chi connectivity index (χ2n) is 9.13. The molecule has 2 fully saturated rings. The third-order valence-corrected chi connectivity index (χ3v) is 6.66. The van der Waals surface area contributed by atoms with Gasteiger partial charge in [-0.1, -0.05) is 18.0 Å². The first-order chi connectivity index (χ1) is 17.6. The van der Waals surface area contributed by atoms with Crippen LogP contribution in [0.1, 0.15) is 32.1 Å². The number of ether oxygens (including phenoxy) is 2. The molecule has 8 nitrogen and oxygen atoms in total. The summed E-state index contributed by atoms with van der Waals surface area (Å²) in [5.74, 6) is 1.59. The molecule has 0 bridgehead atoms. The van der Waals surface area contributed by atoms with E-state index in [0.717, 1.165) is 32.5 Å². The number of amides is 2. The lowest BCUT2D eigenvalue weighted by Crippen LogP contribution is -2.33. The van der Waals surface area contributed by atoms with Gasteiger partial charge in [-0.15, -0.1) is 0 Å². The quantitative estimate of drug-likeness (QED) is 0.347. The summed E-state index contributed by atoms with van der Waals surface area (Å²) in [5.41, 5.74) is 1.59. The third-order valence-electron chi connectivity index (χ3n) is 6.35. The van der Waals surface area contributed by atoms with E-state index < -0.39 is 0 Å². The van der Waals surface area contributed by atoms with Gasteiger partial charge in [0.1, 0.15) is 17.2 Å². The Morgan fingerprint density at radius 1 is 1.14 bits per heavy atom. The van der Waals surface area contributed by atoms with Gasteiger partial charge >= 0.3 is 6.03 Å². The van der Waals surface area contributed by atoms with Crippen LogP contribution in [0.2, 0.25) is 5.02 Å². The molecule has 1 aliphatic heterocycles. The molecule has 2 aliphatic rings. The lowest BCUT2D eigenvalue weighted by Gasteiger charge is -2.26. The lowest BCUT2D eigenvalue weighted by atomic mass is 10.1. The van der Waals surface area contributed by atoms with Crippen LogP contribution in [-0.4, -0.2) is 48.2 Å². The first kappa shape index (κ1) is 24.2. The van der Waals surface area contributed by atoms with Gasteiger partial charge in [0.25, 0.3) is 0 Å². The van der Waals surface area contributed by atoms with Gasteiger partial charge in [-0.05, 0) is 69.1 Å². The molecule has 1 aliphatic carbocycles. The zero-order chi connectivity index (χ0) is 24.9. The minimum Gasteiger partial charge on any atom is -0.503 e. The van der Waals surface area contributed by atoms with Crippen LogP contribution in [0.3, 0.4) is 0 Å². The second kappa shape index (κ2) is 11.0. The fourth-order valence-corrected chi connectivity index (χ4v) is 4.47. The smallest absolute Gasteiger partial charge is 0.319 e. The van der Waals surface area contributed by atoms with Crippen LogP contribution in [0, 0.1) is 6.57 Å².